The predicted molar refractivity (Wildman–Crippen MR) is 64.5 cm³/mol. The molecule has 2 N–H and O–H groups in total. The first-order chi connectivity index (χ1) is 7.72. The first-order valence-electron chi connectivity index (χ1n) is 6.37. The number of nitrogens with one attached hydrogen (secondary N) is 2. The lowest BCUT2D eigenvalue weighted by atomic mass is 10.1. The van der Waals surface area contributed by atoms with Crippen LogP contribution in [0.2, 0.25) is 0 Å². The van der Waals surface area contributed by atoms with Gasteiger partial charge in [-0.05, 0) is 19.8 Å². The summed E-state index contributed by atoms with van der Waals surface area (Å²) in [4.78, 5) is 11.6. The van der Waals surface area contributed by atoms with Crippen molar-refractivity contribution in [2.24, 2.45) is 0 Å². The first-order valence-corrected chi connectivity index (χ1v) is 6.37. The van der Waals surface area contributed by atoms with Crippen LogP contribution in [0.4, 0.5) is 4.79 Å². The summed E-state index contributed by atoms with van der Waals surface area (Å²) in [5, 5.41) is 5.89. The molecule has 0 bridgehead atoms. The maximum atomic E-state index is 11.6. The van der Waals surface area contributed by atoms with Crippen LogP contribution in [0.3, 0.4) is 0 Å². The molecule has 1 fully saturated rings. The van der Waals surface area contributed by atoms with Crippen molar-refractivity contribution in [1.82, 2.24) is 10.6 Å². The minimum absolute atomic E-state index is 0.0560. The van der Waals surface area contributed by atoms with E-state index in [1.807, 2.05) is 0 Å². The van der Waals surface area contributed by atoms with Crippen LogP contribution >= 0.6 is 0 Å². The van der Waals surface area contributed by atoms with Gasteiger partial charge in [0.2, 0.25) is 0 Å². The minimum Gasteiger partial charge on any atom is -0.379 e. The fraction of sp³-hybridized carbons (Fsp3) is 0.917. The topological polar surface area (TPSA) is 50.4 Å². The molecular weight excluding hydrogens is 204 g/mol. The molecule has 0 saturated carbocycles. The van der Waals surface area contributed by atoms with E-state index in [0.717, 1.165) is 19.4 Å². The van der Waals surface area contributed by atoms with Crippen LogP contribution in [0.25, 0.3) is 0 Å². The van der Waals surface area contributed by atoms with Crippen molar-refractivity contribution in [3.8, 4) is 0 Å². The highest BCUT2D eigenvalue weighted by Gasteiger charge is 2.18. The lowest BCUT2D eigenvalue weighted by Crippen LogP contribution is -2.45. The normalized spacial score (nSPS) is 21.8. The smallest absolute Gasteiger partial charge is 0.315 e. The molecule has 4 nitrogen and oxygen atoms in total. The third-order valence-electron chi connectivity index (χ3n) is 2.88. The molecule has 94 valence electrons. The highest BCUT2D eigenvalue weighted by atomic mass is 16.5. The Kier molecular flexibility index (Phi) is 6.23. The third kappa shape index (κ3) is 5.35. The number of rotatable bonds is 6. The highest BCUT2D eigenvalue weighted by Crippen LogP contribution is 2.04. The Hall–Kier alpha value is -0.770. The predicted octanol–water partition coefficient (Wildman–Crippen LogP) is 2.04. The largest absolute Gasteiger partial charge is 0.379 e. The molecule has 0 aromatic rings. The Morgan fingerprint density at radius 3 is 2.94 bits per heavy atom. The van der Waals surface area contributed by atoms with E-state index in [1.54, 1.807) is 0 Å². The van der Waals surface area contributed by atoms with Crippen molar-refractivity contribution >= 4 is 6.03 Å². The van der Waals surface area contributed by atoms with Gasteiger partial charge in [-0.1, -0.05) is 26.2 Å². The molecule has 0 aromatic heterocycles. The minimum atomic E-state index is -0.0560. The van der Waals surface area contributed by atoms with Crippen LogP contribution in [0.1, 0.15) is 46.0 Å². The highest BCUT2D eigenvalue weighted by molar-refractivity contribution is 5.74. The van der Waals surface area contributed by atoms with Gasteiger partial charge in [0.05, 0.1) is 12.6 Å². The number of hydrogen-bond acceptors (Lipinski definition) is 2. The molecular formula is C12H24N2O2. The third-order valence-corrected chi connectivity index (χ3v) is 2.88. The Morgan fingerprint density at radius 1 is 1.50 bits per heavy atom. The maximum absolute atomic E-state index is 11.6. The van der Waals surface area contributed by atoms with E-state index in [2.05, 4.69) is 24.5 Å². The van der Waals surface area contributed by atoms with Crippen molar-refractivity contribution in [3.05, 3.63) is 0 Å². The zero-order chi connectivity index (χ0) is 11.8. The molecule has 2 atom stereocenters. The molecule has 4 heteroatoms. The molecule has 0 aliphatic carbocycles. The van der Waals surface area contributed by atoms with Crippen molar-refractivity contribution in [1.29, 1.82) is 0 Å². The number of carbonyl (C=O) groups is 1. The summed E-state index contributed by atoms with van der Waals surface area (Å²) in [6.07, 6.45) is 5.63. The number of ether oxygens (including phenoxy) is 1. The van der Waals surface area contributed by atoms with Crippen molar-refractivity contribution < 1.29 is 9.53 Å². The second kappa shape index (κ2) is 7.49. The quantitative estimate of drug-likeness (QED) is 0.684. The molecule has 2 amide bonds. The van der Waals surface area contributed by atoms with Gasteiger partial charge in [-0.15, -0.1) is 0 Å². The fourth-order valence-electron chi connectivity index (χ4n) is 1.87. The molecule has 1 heterocycles. The second-order valence-electron chi connectivity index (χ2n) is 4.58. The van der Waals surface area contributed by atoms with Gasteiger partial charge in [0, 0.05) is 12.6 Å². The van der Waals surface area contributed by atoms with Crippen LogP contribution < -0.4 is 10.6 Å². The SMILES string of the molecule is CCCCCC(C)NC(=O)NC1CCOC1. The summed E-state index contributed by atoms with van der Waals surface area (Å²) in [5.41, 5.74) is 0. The van der Waals surface area contributed by atoms with Gasteiger partial charge in [-0.2, -0.15) is 0 Å². The zero-order valence-electron chi connectivity index (χ0n) is 10.4. The van der Waals surface area contributed by atoms with Gasteiger partial charge in [0.15, 0.2) is 0 Å². The maximum Gasteiger partial charge on any atom is 0.315 e. The summed E-state index contributed by atoms with van der Waals surface area (Å²) in [5.74, 6) is 0. The van der Waals surface area contributed by atoms with Gasteiger partial charge >= 0.3 is 6.03 Å². The van der Waals surface area contributed by atoms with Crippen LogP contribution in [-0.2, 0) is 4.74 Å². The summed E-state index contributed by atoms with van der Waals surface area (Å²) in [6.45, 7) is 5.65. The molecule has 0 spiro atoms. The Balaban J connectivity index is 2.07. The van der Waals surface area contributed by atoms with Crippen LogP contribution in [0.15, 0.2) is 0 Å². The zero-order valence-corrected chi connectivity index (χ0v) is 10.4. The second-order valence-corrected chi connectivity index (χ2v) is 4.58. The van der Waals surface area contributed by atoms with Crippen LogP contribution in [0.5, 0.6) is 0 Å². The van der Waals surface area contributed by atoms with E-state index in [-0.39, 0.29) is 18.1 Å². The molecule has 1 aliphatic heterocycles. The van der Waals surface area contributed by atoms with E-state index < -0.39 is 0 Å². The summed E-state index contributed by atoms with van der Waals surface area (Å²) in [7, 11) is 0. The number of unbranched alkanes of at least 4 members (excludes halogenated alkanes) is 2. The van der Waals surface area contributed by atoms with Crippen molar-refractivity contribution in [3.63, 3.8) is 0 Å². The van der Waals surface area contributed by atoms with E-state index >= 15 is 0 Å². The Bertz CT molecular complexity index is 203. The van der Waals surface area contributed by atoms with Crippen molar-refractivity contribution in [2.75, 3.05) is 13.2 Å². The molecule has 16 heavy (non-hydrogen) atoms. The van der Waals surface area contributed by atoms with Crippen LogP contribution in [-0.4, -0.2) is 31.3 Å². The molecule has 0 radical (unpaired) electrons. The summed E-state index contributed by atoms with van der Waals surface area (Å²) in [6, 6.07) is 0.399. The molecule has 2 unspecified atom stereocenters. The molecule has 0 aromatic carbocycles. The van der Waals surface area contributed by atoms with E-state index in [1.165, 1.54) is 19.3 Å². The molecule has 1 rings (SSSR count). The van der Waals surface area contributed by atoms with Gasteiger partial charge in [0.1, 0.15) is 0 Å². The van der Waals surface area contributed by atoms with E-state index in [4.69, 9.17) is 4.74 Å². The Morgan fingerprint density at radius 2 is 2.31 bits per heavy atom. The lowest BCUT2D eigenvalue weighted by Gasteiger charge is -2.16. The average molecular weight is 228 g/mol. The number of carbonyl (C=O) groups excluding carboxylic acids is 1. The van der Waals surface area contributed by atoms with Gasteiger partial charge in [-0.25, -0.2) is 4.79 Å². The number of hydrogen-bond donors (Lipinski definition) is 2. The standard InChI is InChI=1S/C12H24N2O2/c1-3-4-5-6-10(2)13-12(15)14-11-7-8-16-9-11/h10-11H,3-9H2,1-2H3,(H2,13,14,15). The van der Waals surface area contributed by atoms with E-state index in [9.17, 15) is 4.79 Å². The average Bonchev–Trinajstić information content (AvgIpc) is 2.70. The molecule has 1 aliphatic rings. The van der Waals surface area contributed by atoms with Gasteiger partial charge in [0.25, 0.3) is 0 Å². The first kappa shape index (κ1) is 13.3. The van der Waals surface area contributed by atoms with Crippen molar-refractivity contribution in [2.45, 2.75) is 58.0 Å². The van der Waals surface area contributed by atoms with E-state index in [0.29, 0.717) is 6.61 Å². The fourth-order valence-corrected chi connectivity index (χ4v) is 1.87. The lowest BCUT2D eigenvalue weighted by molar-refractivity contribution is 0.188. The molecule has 1 saturated heterocycles. The van der Waals surface area contributed by atoms with Crippen LogP contribution in [0, 0.1) is 0 Å². The summed E-state index contributed by atoms with van der Waals surface area (Å²) < 4.78 is 5.20. The Labute approximate surface area is 98.1 Å². The monoisotopic (exact) mass is 228 g/mol. The number of urea groups is 1. The number of amides is 2. The summed E-state index contributed by atoms with van der Waals surface area (Å²) >= 11 is 0. The van der Waals surface area contributed by atoms with Gasteiger partial charge in [-0.3, -0.25) is 0 Å². The van der Waals surface area contributed by atoms with Gasteiger partial charge < -0.3 is 15.4 Å².